The Kier molecular flexibility index (Phi) is 2.56. The molecule has 14 heavy (non-hydrogen) atoms. The number of nitrogens with zero attached hydrogens (tertiary/aromatic N) is 2. The van der Waals surface area contributed by atoms with Crippen molar-refractivity contribution in [1.82, 2.24) is 9.97 Å². The zero-order valence-corrected chi connectivity index (χ0v) is 9.49. The lowest BCUT2D eigenvalue weighted by molar-refractivity contribution is 0.891. The van der Waals surface area contributed by atoms with Crippen LogP contribution in [0.1, 0.15) is 13.8 Å². The monoisotopic (exact) mass is 227 g/mol. The predicted octanol–water partition coefficient (Wildman–Crippen LogP) is 3.17. The number of anilines is 1. The number of hydrogen-bond acceptors (Lipinski definition) is 4. The van der Waals surface area contributed by atoms with E-state index in [1.165, 1.54) is 0 Å². The van der Waals surface area contributed by atoms with E-state index >= 15 is 0 Å². The van der Waals surface area contributed by atoms with Crippen molar-refractivity contribution in [3.05, 3.63) is 16.7 Å². The number of halogens is 1. The summed E-state index contributed by atoms with van der Waals surface area (Å²) in [6.45, 7) is 4.13. The van der Waals surface area contributed by atoms with Crippen LogP contribution in [-0.2, 0) is 0 Å². The van der Waals surface area contributed by atoms with Crippen molar-refractivity contribution >= 4 is 39.0 Å². The van der Waals surface area contributed by atoms with Crippen LogP contribution in [-0.4, -0.2) is 16.0 Å². The molecule has 0 fully saturated rings. The predicted molar refractivity (Wildman–Crippen MR) is 61.2 cm³/mol. The van der Waals surface area contributed by atoms with Gasteiger partial charge in [0.2, 0.25) is 5.28 Å². The van der Waals surface area contributed by atoms with Crippen molar-refractivity contribution in [1.29, 1.82) is 0 Å². The maximum absolute atomic E-state index is 5.81. The highest BCUT2D eigenvalue weighted by molar-refractivity contribution is 7.17. The molecule has 0 unspecified atom stereocenters. The van der Waals surface area contributed by atoms with Crippen molar-refractivity contribution < 1.29 is 0 Å². The molecule has 0 bridgehead atoms. The largest absolute Gasteiger partial charge is 0.367 e. The Hall–Kier alpha value is -0.870. The number of aromatic nitrogens is 2. The number of hydrogen-bond donors (Lipinski definition) is 1. The van der Waals surface area contributed by atoms with Gasteiger partial charge in [0.05, 0.1) is 10.2 Å². The summed E-state index contributed by atoms with van der Waals surface area (Å²) in [5.41, 5.74) is 0.901. The molecule has 0 saturated heterocycles. The first-order valence-electron chi connectivity index (χ1n) is 4.34. The molecule has 0 amide bonds. The quantitative estimate of drug-likeness (QED) is 0.801. The summed E-state index contributed by atoms with van der Waals surface area (Å²) < 4.78 is 1.06. The van der Waals surface area contributed by atoms with Crippen molar-refractivity contribution in [2.45, 2.75) is 19.9 Å². The number of fused-ring (bicyclic) bond motifs is 1. The molecule has 2 heterocycles. The molecular weight excluding hydrogens is 218 g/mol. The van der Waals surface area contributed by atoms with Crippen LogP contribution in [0.4, 0.5) is 5.82 Å². The molecule has 0 aliphatic heterocycles. The third kappa shape index (κ3) is 1.81. The molecule has 2 aromatic rings. The van der Waals surface area contributed by atoms with Gasteiger partial charge in [-0.15, -0.1) is 11.3 Å². The topological polar surface area (TPSA) is 37.8 Å². The summed E-state index contributed by atoms with van der Waals surface area (Å²) in [4.78, 5) is 8.30. The maximum atomic E-state index is 5.81. The first-order chi connectivity index (χ1) is 6.66. The zero-order chi connectivity index (χ0) is 10.1. The summed E-state index contributed by atoms with van der Waals surface area (Å²) in [6, 6.07) is 2.28. The summed E-state index contributed by atoms with van der Waals surface area (Å²) in [6.07, 6.45) is 0. The second kappa shape index (κ2) is 3.71. The van der Waals surface area contributed by atoms with E-state index in [0.29, 0.717) is 11.3 Å². The lowest BCUT2D eigenvalue weighted by Crippen LogP contribution is -2.11. The van der Waals surface area contributed by atoms with Gasteiger partial charge in [-0.05, 0) is 36.9 Å². The SMILES string of the molecule is CC(C)Nc1nc(Cl)nc2ccsc12. The van der Waals surface area contributed by atoms with Gasteiger partial charge in [-0.3, -0.25) is 0 Å². The van der Waals surface area contributed by atoms with Crippen molar-refractivity contribution in [2.24, 2.45) is 0 Å². The second-order valence-electron chi connectivity index (χ2n) is 3.28. The van der Waals surface area contributed by atoms with E-state index < -0.39 is 0 Å². The number of rotatable bonds is 2. The van der Waals surface area contributed by atoms with Crippen LogP contribution in [0.25, 0.3) is 10.2 Å². The lowest BCUT2D eigenvalue weighted by atomic mass is 10.4. The lowest BCUT2D eigenvalue weighted by Gasteiger charge is -2.09. The molecule has 0 atom stereocenters. The van der Waals surface area contributed by atoms with Crippen LogP contribution in [0.3, 0.4) is 0 Å². The van der Waals surface area contributed by atoms with Crippen LogP contribution >= 0.6 is 22.9 Å². The third-order valence-electron chi connectivity index (χ3n) is 1.70. The Morgan fingerprint density at radius 1 is 1.43 bits per heavy atom. The Balaban J connectivity index is 2.55. The Morgan fingerprint density at radius 2 is 2.21 bits per heavy atom. The summed E-state index contributed by atoms with van der Waals surface area (Å²) in [7, 11) is 0. The smallest absolute Gasteiger partial charge is 0.224 e. The molecule has 2 rings (SSSR count). The fourth-order valence-corrected chi connectivity index (χ4v) is 2.17. The minimum absolute atomic E-state index is 0.291. The van der Waals surface area contributed by atoms with Crippen LogP contribution in [0.15, 0.2) is 11.4 Å². The fraction of sp³-hybridized carbons (Fsp3) is 0.333. The second-order valence-corrected chi connectivity index (χ2v) is 4.53. The van der Waals surface area contributed by atoms with Crippen molar-refractivity contribution in [2.75, 3.05) is 5.32 Å². The van der Waals surface area contributed by atoms with Gasteiger partial charge in [0, 0.05) is 6.04 Å². The Bertz CT molecular complexity index is 452. The average molecular weight is 228 g/mol. The van der Waals surface area contributed by atoms with Crippen LogP contribution in [0, 0.1) is 0 Å². The van der Waals surface area contributed by atoms with Gasteiger partial charge in [0.15, 0.2) is 0 Å². The molecule has 1 N–H and O–H groups in total. The first-order valence-corrected chi connectivity index (χ1v) is 5.60. The molecule has 74 valence electrons. The molecular formula is C9H10ClN3S. The van der Waals surface area contributed by atoms with Crippen LogP contribution in [0.2, 0.25) is 5.28 Å². The van der Waals surface area contributed by atoms with E-state index in [4.69, 9.17) is 11.6 Å². The van der Waals surface area contributed by atoms with Crippen LogP contribution < -0.4 is 5.32 Å². The Labute approximate surface area is 91.1 Å². The van der Waals surface area contributed by atoms with Crippen molar-refractivity contribution in [3.8, 4) is 0 Å². The normalized spacial score (nSPS) is 11.1. The first kappa shape index (κ1) is 9.68. The van der Waals surface area contributed by atoms with Gasteiger partial charge in [-0.1, -0.05) is 0 Å². The molecule has 3 nitrogen and oxygen atoms in total. The van der Waals surface area contributed by atoms with Gasteiger partial charge < -0.3 is 5.32 Å². The van der Waals surface area contributed by atoms with Gasteiger partial charge in [-0.25, -0.2) is 4.98 Å². The van der Waals surface area contributed by atoms with Crippen molar-refractivity contribution in [3.63, 3.8) is 0 Å². The van der Waals surface area contributed by atoms with E-state index in [1.54, 1.807) is 11.3 Å². The molecule has 0 spiro atoms. The van der Waals surface area contributed by atoms with E-state index in [-0.39, 0.29) is 0 Å². The molecule has 0 saturated carbocycles. The minimum atomic E-state index is 0.291. The third-order valence-corrected chi connectivity index (χ3v) is 2.78. The van der Waals surface area contributed by atoms with E-state index in [9.17, 15) is 0 Å². The fourth-order valence-electron chi connectivity index (χ4n) is 1.21. The number of thiophene rings is 1. The maximum Gasteiger partial charge on any atom is 0.224 e. The average Bonchev–Trinajstić information content (AvgIpc) is 2.50. The van der Waals surface area contributed by atoms with Gasteiger partial charge in [0.1, 0.15) is 5.82 Å². The van der Waals surface area contributed by atoms with E-state index in [0.717, 1.165) is 16.0 Å². The molecule has 0 aliphatic carbocycles. The highest BCUT2D eigenvalue weighted by atomic mass is 35.5. The minimum Gasteiger partial charge on any atom is -0.367 e. The molecule has 0 aliphatic rings. The molecule has 0 radical (unpaired) electrons. The van der Waals surface area contributed by atoms with Gasteiger partial charge in [0.25, 0.3) is 0 Å². The highest BCUT2D eigenvalue weighted by Gasteiger charge is 2.08. The number of nitrogens with one attached hydrogen (secondary N) is 1. The molecule has 5 heteroatoms. The van der Waals surface area contributed by atoms with Gasteiger partial charge in [-0.2, -0.15) is 4.98 Å². The molecule has 0 aromatic carbocycles. The zero-order valence-electron chi connectivity index (χ0n) is 7.91. The van der Waals surface area contributed by atoms with Crippen LogP contribution in [0.5, 0.6) is 0 Å². The standard InChI is InChI=1S/C9H10ClN3S/c1-5(2)11-8-7-6(3-4-14-7)12-9(10)13-8/h3-5H,1-2H3,(H,11,12,13). The molecule has 2 aromatic heterocycles. The highest BCUT2D eigenvalue weighted by Crippen LogP contribution is 2.27. The Morgan fingerprint density at radius 3 is 2.93 bits per heavy atom. The summed E-state index contributed by atoms with van der Waals surface area (Å²) in [5, 5.41) is 5.53. The van der Waals surface area contributed by atoms with Gasteiger partial charge >= 0.3 is 0 Å². The summed E-state index contributed by atoms with van der Waals surface area (Å²) in [5.74, 6) is 0.824. The van der Waals surface area contributed by atoms with E-state index in [1.807, 2.05) is 11.4 Å². The summed E-state index contributed by atoms with van der Waals surface area (Å²) >= 11 is 7.43. The van der Waals surface area contributed by atoms with E-state index in [2.05, 4.69) is 29.1 Å².